The summed E-state index contributed by atoms with van der Waals surface area (Å²) in [6.45, 7) is 1.66. The Morgan fingerprint density at radius 3 is 2.60 bits per heavy atom. The number of nitrogens with one attached hydrogen (secondary N) is 1. The molecule has 2 aromatic rings. The first-order valence-corrected chi connectivity index (χ1v) is 8.59. The van der Waals surface area contributed by atoms with E-state index in [-0.39, 0.29) is 15.6 Å². The predicted molar refractivity (Wildman–Crippen MR) is 77.1 cm³/mol. The first-order chi connectivity index (χ1) is 9.29. The summed E-state index contributed by atoms with van der Waals surface area (Å²) in [7, 11) is 1.34. The molecular formula is C10H7Cl2N3O3S2. The molecule has 0 aliphatic heterocycles. The molecule has 0 unspecified atom stereocenters. The van der Waals surface area contributed by atoms with Crippen LogP contribution in [0, 0.1) is 6.92 Å². The van der Waals surface area contributed by atoms with Crippen molar-refractivity contribution in [3.8, 4) is 0 Å². The van der Waals surface area contributed by atoms with Crippen LogP contribution in [-0.2, 0) is 9.05 Å². The van der Waals surface area contributed by atoms with Crippen LogP contribution < -0.4 is 5.32 Å². The van der Waals surface area contributed by atoms with Gasteiger partial charge in [-0.05, 0) is 36.7 Å². The van der Waals surface area contributed by atoms with Crippen LogP contribution in [0.25, 0.3) is 0 Å². The number of carbonyl (C=O) groups is 1. The topological polar surface area (TPSA) is 89.0 Å². The van der Waals surface area contributed by atoms with E-state index in [4.69, 9.17) is 22.3 Å². The summed E-state index contributed by atoms with van der Waals surface area (Å²) in [4.78, 5) is 12.2. The number of hydrogen-bond donors (Lipinski definition) is 1. The van der Waals surface area contributed by atoms with Crippen molar-refractivity contribution in [2.75, 3.05) is 5.32 Å². The Bertz CT molecular complexity index is 774. The maximum Gasteiger partial charge on any atom is 0.269 e. The van der Waals surface area contributed by atoms with Gasteiger partial charge in [0.2, 0.25) is 0 Å². The largest absolute Gasteiger partial charge is 0.320 e. The van der Waals surface area contributed by atoms with Gasteiger partial charge in [0.25, 0.3) is 15.0 Å². The van der Waals surface area contributed by atoms with Crippen LogP contribution in [0.15, 0.2) is 23.1 Å². The zero-order chi connectivity index (χ0) is 14.9. The van der Waals surface area contributed by atoms with Crippen LogP contribution in [0.3, 0.4) is 0 Å². The number of anilines is 1. The Morgan fingerprint density at radius 2 is 2.10 bits per heavy atom. The average molecular weight is 352 g/mol. The molecule has 1 aromatic heterocycles. The van der Waals surface area contributed by atoms with Crippen molar-refractivity contribution in [3.63, 3.8) is 0 Å². The lowest BCUT2D eigenvalue weighted by molar-refractivity contribution is 0.103. The summed E-state index contributed by atoms with van der Waals surface area (Å²) >= 11 is 6.87. The highest BCUT2D eigenvalue weighted by Crippen LogP contribution is 2.27. The molecule has 1 N–H and O–H groups in total. The van der Waals surface area contributed by atoms with Crippen LogP contribution in [0.1, 0.15) is 15.4 Å². The summed E-state index contributed by atoms with van der Waals surface area (Å²) < 4.78 is 26.0. The van der Waals surface area contributed by atoms with Gasteiger partial charge in [0.15, 0.2) is 0 Å². The van der Waals surface area contributed by atoms with Gasteiger partial charge in [-0.1, -0.05) is 16.1 Å². The Kier molecular flexibility index (Phi) is 4.28. The third-order valence-corrected chi connectivity index (χ3v) is 4.82. The molecule has 0 radical (unpaired) electrons. The summed E-state index contributed by atoms with van der Waals surface area (Å²) in [5.41, 5.74) is 0.775. The zero-order valence-corrected chi connectivity index (χ0v) is 13.1. The second-order valence-corrected chi connectivity index (χ2v) is 7.45. The Balaban J connectivity index is 2.27. The van der Waals surface area contributed by atoms with E-state index in [0.717, 1.165) is 17.6 Å². The normalized spacial score (nSPS) is 11.3. The second-order valence-electron chi connectivity index (χ2n) is 3.72. The first kappa shape index (κ1) is 15.2. The summed E-state index contributed by atoms with van der Waals surface area (Å²) in [5, 5.41) is 6.34. The Hall–Kier alpha value is -1.22. The molecule has 10 heteroatoms. The van der Waals surface area contributed by atoms with Gasteiger partial charge < -0.3 is 5.32 Å². The molecule has 106 valence electrons. The Labute approximate surface area is 128 Å². The quantitative estimate of drug-likeness (QED) is 0.858. The number of aromatic nitrogens is 2. The molecule has 0 fully saturated rings. The van der Waals surface area contributed by atoms with Gasteiger partial charge in [-0.3, -0.25) is 4.79 Å². The van der Waals surface area contributed by atoms with Crippen LogP contribution >= 0.6 is 33.8 Å². The van der Waals surface area contributed by atoms with E-state index in [9.17, 15) is 13.2 Å². The van der Waals surface area contributed by atoms with E-state index >= 15 is 0 Å². The summed E-state index contributed by atoms with van der Waals surface area (Å²) in [6.07, 6.45) is 0. The van der Waals surface area contributed by atoms with E-state index in [2.05, 4.69) is 14.9 Å². The molecule has 0 aliphatic carbocycles. The zero-order valence-electron chi connectivity index (χ0n) is 9.92. The van der Waals surface area contributed by atoms with Crippen molar-refractivity contribution in [2.45, 2.75) is 11.8 Å². The standard InChI is InChI=1S/C10H7Cl2N3O3S2/c1-5-9(19-15-14-5)10(16)13-8-3-2-6(4-7(8)11)20(12,17)18/h2-4H,1H3,(H,13,16). The molecule has 1 heterocycles. The second kappa shape index (κ2) is 5.65. The lowest BCUT2D eigenvalue weighted by atomic mass is 10.3. The third-order valence-electron chi connectivity index (χ3n) is 2.33. The number of amides is 1. The van der Waals surface area contributed by atoms with Crippen LogP contribution in [0.4, 0.5) is 5.69 Å². The fourth-order valence-corrected chi connectivity index (χ4v) is 2.99. The predicted octanol–water partition coefficient (Wildman–Crippen LogP) is 2.68. The maximum atomic E-state index is 11.9. The number of carbonyl (C=O) groups excluding carboxylic acids is 1. The van der Waals surface area contributed by atoms with E-state index in [0.29, 0.717) is 10.6 Å². The van der Waals surface area contributed by atoms with Gasteiger partial charge >= 0.3 is 0 Å². The number of hydrogen-bond acceptors (Lipinski definition) is 6. The highest BCUT2D eigenvalue weighted by atomic mass is 35.7. The van der Waals surface area contributed by atoms with Crippen molar-refractivity contribution in [1.82, 2.24) is 9.59 Å². The molecule has 0 atom stereocenters. The fourth-order valence-electron chi connectivity index (χ4n) is 1.37. The van der Waals surface area contributed by atoms with E-state index in [1.807, 2.05) is 0 Å². The molecule has 0 saturated carbocycles. The summed E-state index contributed by atoms with van der Waals surface area (Å²) in [6, 6.07) is 3.78. The van der Waals surface area contributed by atoms with Crippen LogP contribution in [-0.4, -0.2) is 23.9 Å². The van der Waals surface area contributed by atoms with Crippen molar-refractivity contribution in [3.05, 3.63) is 33.8 Å². The van der Waals surface area contributed by atoms with E-state index in [1.165, 1.54) is 12.1 Å². The molecule has 1 aromatic carbocycles. The fraction of sp³-hybridized carbons (Fsp3) is 0.100. The number of nitrogens with zero attached hydrogens (tertiary/aromatic N) is 2. The maximum absolute atomic E-state index is 11.9. The van der Waals surface area contributed by atoms with Gasteiger partial charge in [-0.15, -0.1) is 5.10 Å². The van der Waals surface area contributed by atoms with Gasteiger partial charge in [0, 0.05) is 10.7 Å². The number of aryl methyl sites for hydroxylation is 1. The molecule has 1 amide bonds. The van der Waals surface area contributed by atoms with Gasteiger partial charge in [0.1, 0.15) is 4.88 Å². The molecule has 0 spiro atoms. The van der Waals surface area contributed by atoms with Crippen molar-refractivity contribution in [2.24, 2.45) is 0 Å². The van der Waals surface area contributed by atoms with Gasteiger partial charge in [0.05, 0.1) is 21.3 Å². The van der Waals surface area contributed by atoms with E-state index in [1.54, 1.807) is 6.92 Å². The molecule has 20 heavy (non-hydrogen) atoms. The van der Waals surface area contributed by atoms with Gasteiger partial charge in [-0.2, -0.15) is 0 Å². The Morgan fingerprint density at radius 1 is 1.40 bits per heavy atom. The van der Waals surface area contributed by atoms with Crippen LogP contribution in [0.2, 0.25) is 5.02 Å². The molecule has 0 bridgehead atoms. The summed E-state index contributed by atoms with van der Waals surface area (Å²) in [5.74, 6) is -0.416. The molecule has 0 saturated heterocycles. The van der Waals surface area contributed by atoms with Crippen molar-refractivity contribution >= 4 is 54.5 Å². The minimum Gasteiger partial charge on any atom is -0.320 e. The average Bonchev–Trinajstić information content (AvgIpc) is 2.76. The highest BCUT2D eigenvalue weighted by Gasteiger charge is 2.16. The molecule has 6 nitrogen and oxygen atoms in total. The number of benzene rings is 1. The minimum absolute atomic E-state index is 0.0650. The number of halogens is 2. The molecular weight excluding hydrogens is 345 g/mol. The minimum atomic E-state index is -3.86. The van der Waals surface area contributed by atoms with Crippen molar-refractivity contribution in [1.29, 1.82) is 0 Å². The lowest BCUT2D eigenvalue weighted by Crippen LogP contribution is -2.12. The molecule has 2 rings (SSSR count). The highest BCUT2D eigenvalue weighted by molar-refractivity contribution is 8.13. The van der Waals surface area contributed by atoms with Crippen molar-refractivity contribution < 1.29 is 13.2 Å². The smallest absolute Gasteiger partial charge is 0.269 e. The lowest BCUT2D eigenvalue weighted by Gasteiger charge is -2.07. The van der Waals surface area contributed by atoms with Crippen LogP contribution in [0.5, 0.6) is 0 Å². The third kappa shape index (κ3) is 3.26. The molecule has 0 aliphatic rings. The first-order valence-electron chi connectivity index (χ1n) is 5.13. The SMILES string of the molecule is Cc1nnsc1C(=O)Nc1ccc(S(=O)(=O)Cl)cc1Cl. The van der Waals surface area contributed by atoms with E-state index < -0.39 is 15.0 Å². The monoisotopic (exact) mass is 351 g/mol. The van der Waals surface area contributed by atoms with Gasteiger partial charge in [-0.25, -0.2) is 8.42 Å². The number of rotatable bonds is 3.